The molecule has 0 fully saturated rings. The molecule has 18 heavy (non-hydrogen) atoms. The van der Waals surface area contributed by atoms with E-state index in [1.54, 1.807) is 13.2 Å². The first kappa shape index (κ1) is 12.9. The smallest absolute Gasteiger partial charge is 0.162 e. The van der Waals surface area contributed by atoms with Gasteiger partial charge in [-0.3, -0.25) is 0 Å². The Hall–Kier alpha value is -1.53. The topological polar surface area (TPSA) is 61.3 Å². The molecule has 0 amide bonds. The molecule has 6 heteroatoms. The maximum Gasteiger partial charge on any atom is 0.162 e. The van der Waals surface area contributed by atoms with Gasteiger partial charge in [-0.2, -0.15) is 0 Å². The highest BCUT2D eigenvalue weighted by atomic mass is 32.2. The van der Waals surface area contributed by atoms with Crippen LogP contribution in [0.2, 0.25) is 0 Å². The van der Waals surface area contributed by atoms with E-state index < -0.39 is 0 Å². The van der Waals surface area contributed by atoms with Crippen molar-refractivity contribution in [3.63, 3.8) is 0 Å². The summed E-state index contributed by atoms with van der Waals surface area (Å²) in [5, 5.41) is 3.91. The van der Waals surface area contributed by atoms with E-state index in [-0.39, 0.29) is 5.82 Å². The lowest BCUT2D eigenvalue weighted by atomic mass is 10.3. The molecular formula is C12H13FN2O2S. The number of thioether (sulfide) groups is 1. The van der Waals surface area contributed by atoms with E-state index in [4.69, 9.17) is 15.0 Å². The van der Waals surface area contributed by atoms with Gasteiger partial charge in [0.2, 0.25) is 0 Å². The first-order valence-electron chi connectivity index (χ1n) is 5.30. The van der Waals surface area contributed by atoms with Crippen LogP contribution in [0.25, 0.3) is 0 Å². The minimum atomic E-state index is -0.333. The molecule has 2 aromatic rings. The van der Waals surface area contributed by atoms with Crippen LogP contribution in [0.1, 0.15) is 11.5 Å². The summed E-state index contributed by atoms with van der Waals surface area (Å²) in [6.45, 7) is 0.399. The second-order valence-corrected chi connectivity index (χ2v) is 4.71. The fourth-order valence-electron chi connectivity index (χ4n) is 1.44. The molecule has 2 rings (SSSR count). The van der Waals surface area contributed by atoms with Crippen molar-refractivity contribution in [1.82, 2.24) is 5.16 Å². The van der Waals surface area contributed by atoms with Crippen LogP contribution >= 0.6 is 11.8 Å². The summed E-state index contributed by atoms with van der Waals surface area (Å²) in [6.07, 6.45) is 0. The number of hydrogen-bond acceptors (Lipinski definition) is 5. The Bertz CT molecular complexity index is 531. The van der Waals surface area contributed by atoms with Gasteiger partial charge in [0.15, 0.2) is 5.76 Å². The molecule has 2 N–H and O–H groups in total. The fourth-order valence-corrected chi connectivity index (χ4v) is 2.27. The fraction of sp³-hybridized carbons (Fsp3) is 0.250. The van der Waals surface area contributed by atoms with Gasteiger partial charge in [0.1, 0.15) is 12.4 Å². The lowest BCUT2D eigenvalue weighted by Gasteiger charge is -2.03. The number of nitrogens with two attached hydrogens (primary N) is 1. The van der Waals surface area contributed by atoms with Gasteiger partial charge in [-0.05, 0) is 18.2 Å². The molecule has 4 nitrogen and oxygen atoms in total. The van der Waals surface area contributed by atoms with Crippen LogP contribution in [0.3, 0.4) is 0 Å². The van der Waals surface area contributed by atoms with Crippen molar-refractivity contribution < 1.29 is 13.7 Å². The Labute approximate surface area is 108 Å². The average molecular weight is 268 g/mol. The molecular weight excluding hydrogens is 255 g/mol. The Morgan fingerprint density at radius 1 is 1.44 bits per heavy atom. The van der Waals surface area contributed by atoms with Gasteiger partial charge >= 0.3 is 0 Å². The van der Waals surface area contributed by atoms with Gasteiger partial charge in [0.05, 0.1) is 5.69 Å². The SMILES string of the molecule is COCc1cc(CSc2ccc(F)cc2N)no1. The van der Waals surface area contributed by atoms with Gasteiger partial charge in [0.25, 0.3) is 0 Å². The summed E-state index contributed by atoms with van der Waals surface area (Å²) in [4.78, 5) is 0.827. The van der Waals surface area contributed by atoms with Crippen molar-refractivity contribution in [2.45, 2.75) is 17.3 Å². The van der Waals surface area contributed by atoms with E-state index in [9.17, 15) is 4.39 Å². The number of nitrogen functional groups attached to an aromatic ring is 1. The summed E-state index contributed by atoms with van der Waals surface area (Å²) in [5.41, 5.74) is 6.95. The Morgan fingerprint density at radius 3 is 3.00 bits per heavy atom. The van der Waals surface area contributed by atoms with E-state index in [1.807, 2.05) is 6.07 Å². The number of benzene rings is 1. The molecule has 0 bridgehead atoms. The van der Waals surface area contributed by atoms with Crippen LogP contribution < -0.4 is 5.73 Å². The Morgan fingerprint density at radius 2 is 2.28 bits per heavy atom. The molecule has 0 unspecified atom stereocenters. The molecule has 0 aliphatic heterocycles. The first-order chi connectivity index (χ1) is 8.69. The van der Waals surface area contributed by atoms with Crippen LogP contribution in [0.15, 0.2) is 33.7 Å². The molecule has 0 saturated carbocycles. The van der Waals surface area contributed by atoms with E-state index in [1.165, 1.54) is 23.9 Å². The van der Waals surface area contributed by atoms with Crippen molar-refractivity contribution in [2.75, 3.05) is 12.8 Å². The standard InChI is InChI=1S/C12H13FN2O2S/c1-16-6-10-5-9(15-17-10)7-18-12-3-2-8(13)4-11(12)14/h2-5H,6-7,14H2,1H3. The minimum Gasteiger partial charge on any atom is -0.398 e. The zero-order chi connectivity index (χ0) is 13.0. The van der Waals surface area contributed by atoms with E-state index in [0.29, 0.717) is 23.8 Å². The number of nitrogens with zero attached hydrogens (tertiary/aromatic N) is 1. The predicted molar refractivity (Wildman–Crippen MR) is 67.6 cm³/mol. The third kappa shape index (κ3) is 3.24. The van der Waals surface area contributed by atoms with Crippen LogP contribution in [0.4, 0.5) is 10.1 Å². The third-order valence-corrected chi connectivity index (χ3v) is 3.36. The number of anilines is 1. The Kier molecular flexibility index (Phi) is 4.22. The molecule has 0 radical (unpaired) electrons. The highest BCUT2D eigenvalue weighted by Gasteiger charge is 2.06. The molecule has 0 spiro atoms. The zero-order valence-corrected chi connectivity index (χ0v) is 10.7. The van der Waals surface area contributed by atoms with Crippen LogP contribution in [0, 0.1) is 5.82 Å². The molecule has 1 aromatic heterocycles. The monoisotopic (exact) mass is 268 g/mol. The summed E-state index contributed by atoms with van der Waals surface area (Å²) in [6, 6.07) is 6.18. The molecule has 1 heterocycles. The summed E-state index contributed by atoms with van der Waals surface area (Å²) >= 11 is 1.49. The number of hydrogen-bond donors (Lipinski definition) is 1. The Balaban J connectivity index is 1.97. The zero-order valence-electron chi connectivity index (χ0n) is 9.85. The number of halogens is 1. The highest BCUT2D eigenvalue weighted by Crippen LogP contribution is 2.28. The lowest BCUT2D eigenvalue weighted by Crippen LogP contribution is -1.90. The minimum absolute atomic E-state index is 0.333. The van der Waals surface area contributed by atoms with Gasteiger partial charge < -0.3 is 15.0 Å². The maximum atomic E-state index is 12.9. The molecule has 0 saturated heterocycles. The van der Waals surface area contributed by atoms with Crippen molar-refractivity contribution >= 4 is 17.4 Å². The van der Waals surface area contributed by atoms with Crippen molar-refractivity contribution in [3.05, 3.63) is 41.5 Å². The number of methoxy groups -OCH3 is 1. The summed E-state index contributed by atoms with van der Waals surface area (Å²) in [7, 11) is 1.59. The molecule has 0 aliphatic rings. The van der Waals surface area contributed by atoms with Gasteiger partial charge in [-0.15, -0.1) is 11.8 Å². The second-order valence-electron chi connectivity index (χ2n) is 3.69. The largest absolute Gasteiger partial charge is 0.398 e. The van der Waals surface area contributed by atoms with Gasteiger partial charge in [-0.25, -0.2) is 4.39 Å². The lowest BCUT2D eigenvalue weighted by molar-refractivity contribution is 0.156. The predicted octanol–water partition coefficient (Wildman–Crippen LogP) is 2.83. The number of aromatic nitrogens is 1. The molecule has 1 aromatic carbocycles. The van der Waals surface area contributed by atoms with Crippen LogP contribution in [-0.4, -0.2) is 12.3 Å². The van der Waals surface area contributed by atoms with Crippen LogP contribution in [-0.2, 0) is 17.1 Å². The average Bonchev–Trinajstić information content (AvgIpc) is 2.76. The molecule has 0 aliphatic carbocycles. The second kappa shape index (κ2) is 5.88. The van der Waals surface area contributed by atoms with Crippen molar-refractivity contribution in [3.8, 4) is 0 Å². The van der Waals surface area contributed by atoms with Gasteiger partial charge in [-0.1, -0.05) is 5.16 Å². The third-order valence-electron chi connectivity index (χ3n) is 2.24. The molecule has 0 atom stereocenters. The molecule has 96 valence electrons. The quantitative estimate of drug-likeness (QED) is 0.667. The van der Waals surface area contributed by atoms with E-state index >= 15 is 0 Å². The van der Waals surface area contributed by atoms with Crippen molar-refractivity contribution in [2.24, 2.45) is 0 Å². The van der Waals surface area contributed by atoms with Crippen molar-refractivity contribution in [1.29, 1.82) is 0 Å². The highest BCUT2D eigenvalue weighted by molar-refractivity contribution is 7.98. The van der Waals surface area contributed by atoms with Crippen LogP contribution in [0.5, 0.6) is 0 Å². The maximum absolute atomic E-state index is 12.9. The number of rotatable bonds is 5. The summed E-state index contributed by atoms with van der Waals surface area (Å²) < 4.78 is 22.9. The van der Waals surface area contributed by atoms with E-state index in [2.05, 4.69) is 5.16 Å². The van der Waals surface area contributed by atoms with E-state index in [0.717, 1.165) is 10.6 Å². The van der Waals surface area contributed by atoms with Gasteiger partial charge in [0, 0.05) is 29.5 Å². The summed E-state index contributed by atoms with van der Waals surface area (Å²) in [5.74, 6) is 0.962. The normalized spacial score (nSPS) is 10.8. The number of ether oxygens (including phenoxy) is 1. The first-order valence-corrected chi connectivity index (χ1v) is 6.29.